The molecule has 0 spiro atoms. The maximum Gasteiger partial charge on any atom is 0.244 e. The molecule has 128 valence electrons. The lowest BCUT2D eigenvalue weighted by Crippen LogP contribution is -2.36. The molecule has 0 aliphatic heterocycles. The number of nitriles is 1. The fourth-order valence-corrected chi connectivity index (χ4v) is 2.35. The lowest BCUT2D eigenvalue weighted by molar-refractivity contribution is -0.120. The first-order valence-corrected chi connectivity index (χ1v) is 7.67. The Kier molecular flexibility index (Phi) is 5.75. The zero-order chi connectivity index (χ0) is 18.4. The zero-order valence-corrected chi connectivity index (χ0v) is 14.4. The third-order valence-electron chi connectivity index (χ3n) is 3.62. The van der Waals surface area contributed by atoms with Crippen molar-refractivity contribution in [3.05, 3.63) is 53.6 Å². The van der Waals surface area contributed by atoms with Crippen molar-refractivity contribution in [1.82, 2.24) is 0 Å². The molecule has 2 amide bonds. The Hall–Kier alpha value is -3.33. The average molecular weight is 337 g/mol. The second kappa shape index (κ2) is 7.97. The van der Waals surface area contributed by atoms with Gasteiger partial charge in [-0.2, -0.15) is 5.26 Å². The summed E-state index contributed by atoms with van der Waals surface area (Å²) in [5.41, 5.74) is 2.57. The van der Waals surface area contributed by atoms with Crippen molar-refractivity contribution < 1.29 is 14.3 Å². The Balaban J connectivity index is 2.17. The fraction of sp³-hybridized carbons (Fsp3) is 0.211. The van der Waals surface area contributed by atoms with Crippen LogP contribution in [0.1, 0.15) is 18.1 Å². The van der Waals surface area contributed by atoms with Gasteiger partial charge in [0.15, 0.2) is 0 Å². The second-order valence-electron chi connectivity index (χ2n) is 5.52. The molecular formula is C19H19N3O3. The lowest BCUT2D eigenvalue weighted by atomic mass is 10.2. The highest BCUT2D eigenvalue weighted by Gasteiger charge is 2.17. The minimum atomic E-state index is -0.344. The number of carbonyl (C=O) groups is 2. The van der Waals surface area contributed by atoms with E-state index < -0.39 is 0 Å². The minimum absolute atomic E-state index is 0.141. The molecular weight excluding hydrogens is 318 g/mol. The number of hydrogen-bond donors (Lipinski definition) is 1. The van der Waals surface area contributed by atoms with E-state index in [-0.39, 0.29) is 18.4 Å². The van der Waals surface area contributed by atoms with E-state index in [1.165, 1.54) is 18.9 Å². The number of nitrogens with one attached hydrogen (secondary N) is 1. The molecule has 2 aromatic rings. The largest absolute Gasteiger partial charge is 0.495 e. The summed E-state index contributed by atoms with van der Waals surface area (Å²) in [4.78, 5) is 25.7. The smallest absolute Gasteiger partial charge is 0.244 e. The SMILES string of the molecule is COc1ccc(C)cc1NC(=O)CN(C(C)=O)c1ccc(C#N)cc1. The Labute approximate surface area is 146 Å². The van der Waals surface area contributed by atoms with E-state index >= 15 is 0 Å². The van der Waals surface area contributed by atoms with Crippen molar-refractivity contribution in [3.8, 4) is 11.8 Å². The molecule has 6 nitrogen and oxygen atoms in total. The van der Waals surface area contributed by atoms with E-state index in [4.69, 9.17) is 10.00 Å². The van der Waals surface area contributed by atoms with Gasteiger partial charge in [-0.3, -0.25) is 9.59 Å². The third-order valence-corrected chi connectivity index (χ3v) is 3.62. The van der Waals surface area contributed by atoms with Crippen LogP contribution in [0.5, 0.6) is 5.75 Å². The van der Waals surface area contributed by atoms with Gasteiger partial charge in [0.1, 0.15) is 12.3 Å². The first-order valence-electron chi connectivity index (χ1n) is 7.67. The van der Waals surface area contributed by atoms with E-state index in [0.29, 0.717) is 22.7 Å². The number of benzene rings is 2. The Morgan fingerprint density at radius 1 is 1.20 bits per heavy atom. The van der Waals surface area contributed by atoms with Crippen molar-refractivity contribution in [1.29, 1.82) is 5.26 Å². The molecule has 0 radical (unpaired) electrons. The van der Waals surface area contributed by atoms with Crippen molar-refractivity contribution in [2.75, 3.05) is 23.9 Å². The number of nitrogens with zero attached hydrogens (tertiary/aromatic N) is 2. The molecule has 0 saturated carbocycles. The van der Waals surface area contributed by atoms with Gasteiger partial charge in [-0.05, 0) is 48.9 Å². The molecule has 0 heterocycles. The predicted octanol–water partition coefficient (Wildman–Crippen LogP) is 2.87. The number of methoxy groups -OCH3 is 1. The molecule has 0 fully saturated rings. The van der Waals surface area contributed by atoms with Gasteiger partial charge in [-0.1, -0.05) is 6.07 Å². The van der Waals surface area contributed by atoms with Crippen LogP contribution in [0.25, 0.3) is 0 Å². The molecule has 0 saturated heterocycles. The predicted molar refractivity (Wildman–Crippen MR) is 95.5 cm³/mol. The molecule has 2 rings (SSSR count). The van der Waals surface area contributed by atoms with E-state index in [1.54, 1.807) is 36.4 Å². The molecule has 25 heavy (non-hydrogen) atoms. The highest BCUT2D eigenvalue weighted by Crippen LogP contribution is 2.25. The summed E-state index contributed by atoms with van der Waals surface area (Å²) in [7, 11) is 1.53. The molecule has 0 aliphatic carbocycles. The van der Waals surface area contributed by atoms with Gasteiger partial charge in [0, 0.05) is 12.6 Å². The first-order chi connectivity index (χ1) is 11.9. The van der Waals surface area contributed by atoms with Gasteiger partial charge in [-0.25, -0.2) is 0 Å². The van der Waals surface area contributed by atoms with Crippen LogP contribution in [0.3, 0.4) is 0 Å². The maximum absolute atomic E-state index is 12.4. The van der Waals surface area contributed by atoms with Crippen molar-refractivity contribution in [2.24, 2.45) is 0 Å². The summed E-state index contributed by atoms with van der Waals surface area (Å²) in [5.74, 6) is -0.0637. The molecule has 1 N–H and O–H groups in total. The second-order valence-corrected chi connectivity index (χ2v) is 5.52. The molecule has 2 aromatic carbocycles. The van der Waals surface area contributed by atoms with Gasteiger partial charge >= 0.3 is 0 Å². The molecule has 0 aliphatic rings. The van der Waals surface area contributed by atoms with Crippen LogP contribution in [0.4, 0.5) is 11.4 Å². The first kappa shape index (κ1) is 18.0. The van der Waals surface area contributed by atoms with Crippen LogP contribution >= 0.6 is 0 Å². The number of aryl methyl sites for hydroxylation is 1. The number of ether oxygens (including phenoxy) is 1. The maximum atomic E-state index is 12.4. The van der Waals surface area contributed by atoms with Crippen LogP contribution in [-0.4, -0.2) is 25.5 Å². The van der Waals surface area contributed by atoms with Crippen molar-refractivity contribution >= 4 is 23.2 Å². The molecule has 0 aromatic heterocycles. The topological polar surface area (TPSA) is 82.4 Å². The van der Waals surface area contributed by atoms with Gasteiger partial charge in [0.25, 0.3) is 0 Å². The monoisotopic (exact) mass is 337 g/mol. The van der Waals surface area contributed by atoms with E-state index in [1.807, 2.05) is 19.1 Å². The van der Waals surface area contributed by atoms with Crippen molar-refractivity contribution in [2.45, 2.75) is 13.8 Å². The van der Waals surface area contributed by atoms with E-state index in [0.717, 1.165) is 5.56 Å². The summed E-state index contributed by atoms with van der Waals surface area (Å²) in [6.07, 6.45) is 0. The number of hydrogen-bond acceptors (Lipinski definition) is 4. The number of anilines is 2. The normalized spacial score (nSPS) is 9.84. The van der Waals surface area contributed by atoms with Gasteiger partial charge in [-0.15, -0.1) is 0 Å². The average Bonchev–Trinajstić information content (AvgIpc) is 2.60. The lowest BCUT2D eigenvalue weighted by Gasteiger charge is -2.21. The van der Waals surface area contributed by atoms with Gasteiger partial charge in [0.05, 0.1) is 24.4 Å². The molecule has 0 unspecified atom stereocenters. The summed E-state index contributed by atoms with van der Waals surface area (Å²) in [6.45, 7) is 3.16. The highest BCUT2D eigenvalue weighted by atomic mass is 16.5. The van der Waals surface area contributed by atoms with E-state index in [9.17, 15) is 9.59 Å². The van der Waals surface area contributed by atoms with Crippen molar-refractivity contribution in [3.63, 3.8) is 0 Å². The van der Waals surface area contributed by atoms with Crippen LogP contribution < -0.4 is 15.0 Å². The Morgan fingerprint density at radius 3 is 2.44 bits per heavy atom. The quantitative estimate of drug-likeness (QED) is 0.909. The zero-order valence-electron chi connectivity index (χ0n) is 14.4. The van der Waals surface area contributed by atoms with Crippen LogP contribution in [0.15, 0.2) is 42.5 Å². The number of rotatable bonds is 5. The third kappa shape index (κ3) is 4.58. The summed E-state index contributed by atoms with van der Waals surface area (Å²) in [6, 6.07) is 14.0. The summed E-state index contributed by atoms with van der Waals surface area (Å²) >= 11 is 0. The summed E-state index contributed by atoms with van der Waals surface area (Å²) < 4.78 is 5.24. The van der Waals surface area contributed by atoms with Gasteiger partial charge < -0.3 is 15.0 Å². The van der Waals surface area contributed by atoms with Crippen LogP contribution in [0, 0.1) is 18.3 Å². The minimum Gasteiger partial charge on any atom is -0.495 e. The van der Waals surface area contributed by atoms with Crippen LogP contribution in [0.2, 0.25) is 0 Å². The molecule has 6 heteroatoms. The Morgan fingerprint density at radius 2 is 1.88 bits per heavy atom. The summed E-state index contributed by atoms with van der Waals surface area (Å²) in [5, 5.41) is 11.6. The highest BCUT2D eigenvalue weighted by molar-refractivity contribution is 6.02. The van der Waals surface area contributed by atoms with E-state index in [2.05, 4.69) is 5.32 Å². The standard InChI is InChI=1S/C19H19N3O3/c1-13-4-9-18(25-3)17(10-13)21-19(24)12-22(14(2)23)16-7-5-15(11-20)6-8-16/h4-10H,12H2,1-3H3,(H,21,24). The molecule has 0 atom stereocenters. The molecule has 0 bridgehead atoms. The Bertz CT molecular complexity index is 823. The number of amides is 2. The van der Waals surface area contributed by atoms with Crippen LogP contribution in [-0.2, 0) is 9.59 Å². The van der Waals surface area contributed by atoms with Gasteiger partial charge in [0.2, 0.25) is 11.8 Å². The number of carbonyl (C=O) groups excluding carboxylic acids is 2. The fourth-order valence-electron chi connectivity index (χ4n) is 2.35.